The zero-order chi connectivity index (χ0) is 14.9. The lowest BCUT2D eigenvalue weighted by Gasteiger charge is -2.16. The molecule has 2 aromatic heterocycles. The lowest BCUT2D eigenvalue weighted by atomic mass is 10.2. The van der Waals surface area contributed by atoms with Gasteiger partial charge in [-0.15, -0.1) is 11.3 Å². The molecule has 20 heavy (non-hydrogen) atoms. The van der Waals surface area contributed by atoms with Crippen LogP contribution in [-0.2, 0) is 6.54 Å². The van der Waals surface area contributed by atoms with E-state index < -0.39 is 11.0 Å². The molecule has 0 aromatic carbocycles. The molecule has 6 nitrogen and oxygen atoms in total. The Balaban J connectivity index is 2.31. The molecule has 0 saturated carbocycles. The molecule has 0 bridgehead atoms. The standard InChI is InChI=1S/C13H16N2O4S/c1-8(16)12-6-11(15(17)18)13(20-12)14(3)7-10-4-5-19-9(10)2/h4-6,8,16H,7H2,1-3H3/t8-/m0/s1. The highest BCUT2D eigenvalue weighted by Gasteiger charge is 2.24. The molecule has 2 aromatic rings. The largest absolute Gasteiger partial charge is 0.469 e. The average Bonchev–Trinajstić information content (AvgIpc) is 2.96. The van der Waals surface area contributed by atoms with E-state index in [2.05, 4.69) is 0 Å². The van der Waals surface area contributed by atoms with Gasteiger partial charge in [0.05, 0.1) is 17.3 Å². The van der Waals surface area contributed by atoms with Gasteiger partial charge in [0.1, 0.15) is 5.76 Å². The highest BCUT2D eigenvalue weighted by Crippen LogP contribution is 2.40. The van der Waals surface area contributed by atoms with Gasteiger partial charge in [-0.1, -0.05) is 0 Å². The first-order chi connectivity index (χ1) is 9.40. The summed E-state index contributed by atoms with van der Waals surface area (Å²) in [5.41, 5.74) is 1.00. The summed E-state index contributed by atoms with van der Waals surface area (Å²) in [4.78, 5) is 13.1. The summed E-state index contributed by atoms with van der Waals surface area (Å²) in [6, 6.07) is 3.28. The second-order valence-corrected chi connectivity index (χ2v) is 5.69. The summed E-state index contributed by atoms with van der Waals surface area (Å²) < 4.78 is 5.23. The number of nitro groups is 1. The number of aliphatic hydroxyl groups is 1. The first-order valence-corrected chi connectivity index (χ1v) is 6.92. The van der Waals surface area contributed by atoms with Gasteiger partial charge in [0.2, 0.25) is 0 Å². The molecular weight excluding hydrogens is 280 g/mol. The van der Waals surface area contributed by atoms with Crippen molar-refractivity contribution in [3.05, 3.63) is 44.7 Å². The Morgan fingerprint density at radius 1 is 1.60 bits per heavy atom. The molecule has 2 rings (SSSR count). The lowest BCUT2D eigenvalue weighted by molar-refractivity contribution is -0.383. The minimum atomic E-state index is -0.712. The van der Waals surface area contributed by atoms with Crippen LogP contribution >= 0.6 is 11.3 Å². The normalized spacial score (nSPS) is 12.4. The Hall–Kier alpha value is -1.86. The summed E-state index contributed by atoms with van der Waals surface area (Å²) in [6.07, 6.45) is 0.888. The van der Waals surface area contributed by atoms with Crippen molar-refractivity contribution in [2.24, 2.45) is 0 Å². The summed E-state index contributed by atoms with van der Waals surface area (Å²) in [5.74, 6) is 0.798. The predicted molar refractivity (Wildman–Crippen MR) is 77.2 cm³/mol. The van der Waals surface area contributed by atoms with Crippen LogP contribution in [0.2, 0.25) is 0 Å². The summed E-state index contributed by atoms with van der Waals surface area (Å²) in [7, 11) is 1.79. The molecule has 7 heteroatoms. The fourth-order valence-corrected chi connectivity index (χ4v) is 2.93. The van der Waals surface area contributed by atoms with Gasteiger partial charge < -0.3 is 14.4 Å². The van der Waals surface area contributed by atoms with Crippen LogP contribution in [0, 0.1) is 17.0 Å². The third-order valence-corrected chi connectivity index (χ3v) is 4.45. The molecule has 0 aliphatic carbocycles. The number of furan rings is 1. The van der Waals surface area contributed by atoms with E-state index >= 15 is 0 Å². The second kappa shape index (κ2) is 5.64. The van der Waals surface area contributed by atoms with E-state index in [0.717, 1.165) is 11.3 Å². The van der Waals surface area contributed by atoms with Gasteiger partial charge in [0, 0.05) is 30.1 Å². The molecule has 2 heterocycles. The highest BCUT2D eigenvalue weighted by molar-refractivity contribution is 7.16. The van der Waals surface area contributed by atoms with Crippen LogP contribution in [0.15, 0.2) is 22.8 Å². The van der Waals surface area contributed by atoms with Crippen molar-refractivity contribution in [1.29, 1.82) is 0 Å². The van der Waals surface area contributed by atoms with Crippen molar-refractivity contribution in [3.63, 3.8) is 0 Å². The third-order valence-electron chi connectivity index (χ3n) is 3.04. The summed E-state index contributed by atoms with van der Waals surface area (Å²) in [5, 5.41) is 21.2. The molecular formula is C13H16N2O4S. The van der Waals surface area contributed by atoms with Gasteiger partial charge in [0.15, 0.2) is 5.00 Å². The molecule has 0 unspecified atom stereocenters. The van der Waals surface area contributed by atoms with Crippen LogP contribution < -0.4 is 4.90 Å². The van der Waals surface area contributed by atoms with Gasteiger partial charge >= 0.3 is 5.69 Å². The number of hydrogen-bond acceptors (Lipinski definition) is 6. The van der Waals surface area contributed by atoms with E-state index in [4.69, 9.17) is 4.42 Å². The Morgan fingerprint density at radius 2 is 2.30 bits per heavy atom. The molecule has 0 saturated heterocycles. The van der Waals surface area contributed by atoms with Gasteiger partial charge in [0.25, 0.3) is 0 Å². The van der Waals surface area contributed by atoms with Crippen LogP contribution in [0.4, 0.5) is 10.7 Å². The number of nitrogens with zero attached hydrogens (tertiary/aromatic N) is 2. The quantitative estimate of drug-likeness (QED) is 0.676. The van der Waals surface area contributed by atoms with E-state index in [1.165, 1.54) is 17.4 Å². The molecule has 0 fully saturated rings. The Kier molecular flexibility index (Phi) is 4.10. The topological polar surface area (TPSA) is 79.8 Å². The van der Waals surface area contributed by atoms with E-state index in [0.29, 0.717) is 16.4 Å². The maximum Gasteiger partial charge on any atom is 0.304 e. The zero-order valence-corrected chi connectivity index (χ0v) is 12.3. The maximum absolute atomic E-state index is 11.1. The minimum Gasteiger partial charge on any atom is -0.469 e. The molecule has 0 spiro atoms. The fraction of sp³-hybridized carbons (Fsp3) is 0.385. The van der Waals surface area contributed by atoms with Crippen molar-refractivity contribution >= 4 is 22.0 Å². The fourth-order valence-electron chi connectivity index (χ4n) is 1.90. The van der Waals surface area contributed by atoms with Gasteiger partial charge in [-0.25, -0.2) is 0 Å². The SMILES string of the molecule is Cc1occc1CN(C)c1sc([C@H](C)O)cc1[N+](=O)[O-]. The average molecular weight is 296 g/mol. The van der Waals surface area contributed by atoms with E-state index in [-0.39, 0.29) is 5.69 Å². The van der Waals surface area contributed by atoms with Crippen molar-refractivity contribution in [3.8, 4) is 0 Å². The molecule has 108 valence electrons. The highest BCUT2D eigenvalue weighted by atomic mass is 32.1. The first-order valence-electron chi connectivity index (χ1n) is 6.10. The van der Waals surface area contributed by atoms with Gasteiger partial charge in [-0.3, -0.25) is 10.1 Å². The molecule has 0 radical (unpaired) electrons. The number of thiophene rings is 1. The summed E-state index contributed by atoms with van der Waals surface area (Å²) >= 11 is 1.24. The molecule has 1 atom stereocenters. The van der Waals surface area contributed by atoms with Crippen LogP contribution in [0.5, 0.6) is 0 Å². The Morgan fingerprint density at radius 3 is 2.80 bits per heavy atom. The van der Waals surface area contributed by atoms with Crippen molar-refractivity contribution < 1.29 is 14.4 Å². The first kappa shape index (κ1) is 14.5. The molecule has 0 amide bonds. The maximum atomic E-state index is 11.1. The van der Waals surface area contributed by atoms with Crippen molar-refractivity contribution in [2.75, 3.05) is 11.9 Å². The minimum absolute atomic E-state index is 0.0227. The van der Waals surface area contributed by atoms with Gasteiger partial charge in [-0.2, -0.15) is 0 Å². The lowest BCUT2D eigenvalue weighted by Crippen LogP contribution is -2.16. The van der Waals surface area contributed by atoms with Crippen LogP contribution in [0.25, 0.3) is 0 Å². The third kappa shape index (κ3) is 2.83. The van der Waals surface area contributed by atoms with Crippen LogP contribution in [0.1, 0.15) is 29.2 Å². The number of hydrogen-bond donors (Lipinski definition) is 1. The Bertz CT molecular complexity index is 618. The van der Waals surface area contributed by atoms with Crippen molar-refractivity contribution in [2.45, 2.75) is 26.5 Å². The number of aryl methyl sites for hydroxylation is 1. The van der Waals surface area contributed by atoms with Crippen LogP contribution in [-0.4, -0.2) is 17.1 Å². The Labute approximate surface area is 120 Å². The number of aliphatic hydroxyl groups excluding tert-OH is 1. The van der Waals surface area contributed by atoms with E-state index in [1.54, 1.807) is 25.1 Å². The molecule has 0 aliphatic heterocycles. The number of rotatable bonds is 5. The smallest absolute Gasteiger partial charge is 0.304 e. The predicted octanol–water partition coefficient (Wildman–Crippen LogP) is 3.25. The van der Waals surface area contributed by atoms with Crippen LogP contribution in [0.3, 0.4) is 0 Å². The second-order valence-electron chi connectivity index (χ2n) is 4.63. The molecule has 0 aliphatic rings. The zero-order valence-electron chi connectivity index (χ0n) is 11.5. The molecule has 1 N–H and O–H groups in total. The van der Waals surface area contributed by atoms with Crippen molar-refractivity contribution in [1.82, 2.24) is 0 Å². The monoisotopic (exact) mass is 296 g/mol. The van der Waals surface area contributed by atoms with E-state index in [9.17, 15) is 15.2 Å². The van der Waals surface area contributed by atoms with Gasteiger partial charge in [-0.05, 0) is 19.9 Å². The number of anilines is 1. The summed E-state index contributed by atoms with van der Waals surface area (Å²) in [6.45, 7) is 3.97. The van der Waals surface area contributed by atoms with E-state index in [1.807, 2.05) is 13.0 Å².